The van der Waals surface area contributed by atoms with Crippen LogP contribution in [0.25, 0.3) is 33.4 Å². The third kappa shape index (κ3) is 4.55. The van der Waals surface area contributed by atoms with Gasteiger partial charge in [-0.1, -0.05) is 30.1 Å². The Hall–Kier alpha value is -2.88. The van der Waals surface area contributed by atoms with E-state index >= 15 is 0 Å². The average molecular weight is 528 g/mol. The van der Waals surface area contributed by atoms with Crippen molar-refractivity contribution < 1.29 is 26.0 Å². The maximum Gasteiger partial charge on any atom is 0.416 e. The highest BCUT2D eigenvalue weighted by molar-refractivity contribution is 7.91. The molecule has 0 aliphatic carbocycles. The normalized spacial score (nSPS) is 12.3. The van der Waals surface area contributed by atoms with E-state index in [1.54, 1.807) is 12.1 Å². The first-order valence-corrected chi connectivity index (χ1v) is 12.1. The summed E-state index contributed by atoms with van der Waals surface area (Å²) < 4.78 is 70.1. The zero-order valence-corrected chi connectivity index (χ0v) is 19.6. The lowest BCUT2D eigenvalue weighted by atomic mass is 10.0. The summed E-state index contributed by atoms with van der Waals surface area (Å²) in [5.41, 5.74) is -1.45. The number of halogens is 5. The highest BCUT2D eigenvalue weighted by atomic mass is 35.5. The Labute approximate surface area is 201 Å². The molecule has 0 amide bonds. The van der Waals surface area contributed by atoms with Crippen molar-refractivity contribution in [3.8, 4) is 22.4 Å². The monoisotopic (exact) mass is 527 g/mol. The summed E-state index contributed by atoms with van der Waals surface area (Å²) in [6.45, 7) is 1.43. The molecule has 0 saturated heterocycles. The lowest BCUT2D eigenvalue weighted by molar-refractivity contribution is -0.137. The number of pyridine rings is 1. The van der Waals surface area contributed by atoms with E-state index in [1.165, 1.54) is 25.3 Å². The van der Waals surface area contributed by atoms with Crippen molar-refractivity contribution in [3.63, 3.8) is 0 Å². The van der Waals surface area contributed by atoms with Gasteiger partial charge in [0.15, 0.2) is 9.84 Å². The molecule has 4 aromatic rings. The number of sulfone groups is 1. The molecule has 11 heteroatoms. The van der Waals surface area contributed by atoms with E-state index in [2.05, 4.69) is 4.98 Å². The van der Waals surface area contributed by atoms with E-state index in [1.807, 2.05) is 0 Å². The maximum absolute atomic E-state index is 13.1. The van der Waals surface area contributed by atoms with E-state index in [4.69, 9.17) is 27.6 Å². The van der Waals surface area contributed by atoms with Gasteiger partial charge in [-0.3, -0.25) is 9.78 Å². The van der Waals surface area contributed by atoms with Crippen molar-refractivity contribution in [1.82, 2.24) is 4.98 Å². The highest BCUT2D eigenvalue weighted by Gasteiger charge is 2.31. The Morgan fingerprint density at radius 2 is 1.68 bits per heavy atom. The number of hydrogen-bond donors (Lipinski definition) is 0. The molecular weight excluding hydrogens is 514 g/mol. The van der Waals surface area contributed by atoms with Gasteiger partial charge in [0, 0.05) is 21.8 Å². The molecule has 0 radical (unpaired) electrons. The summed E-state index contributed by atoms with van der Waals surface area (Å²) >= 11 is 12.1. The number of nitrogens with zero attached hydrogens (tertiary/aromatic N) is 1. The standard InChI is InChI=1S/C23H14Cl2F3NO4S/c1-2-34(31,32)20-7-13(12-5-15(24)9-16(25)6-12)10-29-21(20)18-11-33-19-8-14(23(26,27)28)3-4-17(19)22(18)30/h3-11H,2H2,1H3. The van der Waals surface area contributed by atoms with Crippen LogP contribution < -0.4 is 5.43 Å². The quantitative estimate of drug-likeness (QED) is 0.297. The molecule has 0 aliphatic heterocycles. The Bertz CT molecular complexity index is 1580. The van der Waals surface area contributed by atoms with E-state index < -0.39 is 27.0 Å². The third-order valence-electron chi connectivity index (χ3n) is 5.12. The summed E-state index contributed by atoms with van der Waals surface area (Å²) in [4.78, 5) is 17.1. The molecule has 0 spiro atoms. The average Bonchev–Trinajstić information content (AvgIpc) is 2.77. The number of alkyl halides is 3. The van der Waals surface area contributed by atoms with Gasteiger partial charge >= 0.3 is 6.18 Å². The molecule has 2 aromatic heterocycles. The molecule has 0 fully saturated rings. The Morgan fingerprint density at radius 1 is 1.00 bits per heavy atom. The zero-order valence-electron chi connectivity index (χ0n) is 17.3. The van der Waals surface area contributed by atoms with Crippen LogP contribution in [0, 0.1) is 0 Å². The number of fused-ring (bicyclic) bond motifs is 1. The fraction of sp³-hybridized carbons (Fsp3) is 0.130. The molecular formula is C23H14Cl2F3NO4S. The van der Waals surface area contributed by atoms with Crippen LogP contribution in [0.2, 0.25) is 10.0 Å². The first-order valence-electron chi connectivity index (χ1n) is 9.73. The smallest absolute Gasteiger partial charge is 0.416 e. The predicted molar refractivity (Wildman–Crippen MR) is 124 cm³/mol. The molecule has 34 heavy (non-hydrogen) atoms. The van der Waals surface area contributed by atoms with E-state index in [0.717, 1.165) is 18.4 Å². The van der Waals surface area contributed by atoms with Crippen LogP contribution in [0.4, 0.5) is 13.2 Å². The summed E-state index contributed by atoms with van der Waals surface area (Å²) in [7, 11) is -3.88. The molecule has 0 bridgehead atoms. The highest BCUT2D eigenvalue weighted by Crippen LogP contribution is 2.34. The first-order chi connectivity index (χ1) is 15.9. The van der Waals surface area contributed by atoms with Gasteiger partial charge in [0.2, 0.25) is 5.43 Å². The molecule has 176 valence electrons. The molecule has 2 heterocycles. The molecule has 0 aliphatic rings. The number of aromatic nitrogens is 1. The summed E-state index contributed by atoms with van der Waals surface area (Å²) in [5, 5.41) is 0.526. The zero-order chi connectivity index (χ0) is 24.8. The molecule has 0 atom stereocenters. The van der Waals surface area contributed by atoms with Crippen LogP contribution in [0.1, 0.15) is 12.5 Å². The summed E-state index contributed by atoms with van der Waals surface area (Å²) in [5.74, 6) is -0.282. The minimum Gasteiger partial charge on any atom is -0.463 e. The fourth-order valence-corrected chi connectivity index (χ4v) is 4.99. The van der Waals surface area contributed by atoms with Gasteiger partial charge in [-0.05, 0) is 48.0 Å². The second-order valence-electron chi connectivity index (χ2n) is 7.32. The van der Waals surface area contributed by atoms with Crippen LogP contribution in [0.3, 0.4) is 0 Å². The largest absolute Gasteiger partial charge is 0.463 e. The van der Waals surface area contributed by atoms with Gasteiger partial charge in [-0.15, -0.1) is 0 Å². The summed E-state index contributed by atoms with van der Waals surface area (Å²) in [6, 6.07) is 8.48. The third-order valence-corrected chi connectivity index (χ3v) is 7.30. The van der Waals surface area contributed by atoms with Gasteiger partial charge in [-0.25, -0.2) is 8.42 Å². The van der Waals surface area contributed by atoms with Crippen molar-refractivity contribution >= 4 is 44.0 Å². The van der Waals surface area contributed by atoms with Gasteiger partial charge in [0.05, 0.1) is 32.9 Å². The molecule has 4 rings (SSSR count). The minimum absolute atomic E-state index is 0.141. The van der Waals surface area contributed by atoms with Crippen LogP contribution in [0.15, 0.2) is 69.0 Å². The molecule has 0 unspecified atom stereocenters. The van der Waals surface area contributed by atoms with E-state index in [0.29, 0.717) is 27.2 Å². The predicted octanol–water partition coefficient (Wildman–Crippen LogP) is 6.64. The van der Waals surface area contributed by atoms with Gasteiger partial charge in [-0.2, -0.15) is 13.2 Å². The van der Waals surface area contributed by atoms with Gasteiger partial charge < -0.3 is 4.42 Å². The van der Waals surface area contributed by atoms with Crippen molar-refractivity contribution in [2.45, 2.75) is 18.0 Å². The van der Waals surface area contributed by atoms with Crippen LogP contribution in [-0.2, 0) is 16.0 Å². The van der Waals surface area contributed by atoms with Gasteiger partial charge in [0.1, 0.15) is 11.8 Å². The van der Waals surface area contributed by atoms with Crippen LogP contribution >= 0.6 is 23.2 Å². The van der Waals surface area contributed by atoms with E-state index in [-0.39, 0.29) is 32.9 Å². The number of rotatable bonds is 4. The summed E-state index contributed by atoms with van der Waals surface area (Å²) in [6.07, 6.45) is -2.35. The number of hydrogen-bond acceptors (Lipinski definition) is 5. The SMILES string of the molecule is CCS(=O)(=O)c1cc(-c2cc(Cl)cc(Cl)c2)cnc1-c1coc2cc(C(F)(F)F)ccc2c1=O. The van der Waals surface area contributed by atoms with Crippen LogP contribution in [-0.4, -0.2) is 19.2 Å². The van der Waals surface area contributed by atoms with E-state index in [9.17, 15) is 26.4 Å². The van der Waals surface area contributed by atoms with Gasteiger partial charge in [0.25, 0.3) is 0 Å². The minimum atomic E-state index is -4.62. The lowest BCUT2D eigenvalue weighted by Crippen LogP contribution is -2.12. The van der Waals surface area contributed by atoms with Crippen molar-refractivity contribution in [1.29, 1.82) is 0 Å². The second-order valence-corrected chi connectivity index (χ2v) is 10.4. The van der Waals surface area contributed by atoms with Crippen molar-refractivity contribution in [2.75, 3.05) is 5.75 Å². The second kappa shape index (κ2) is 8.72. The maximum atomic E-state index is 13.1. The number of benzene rings is 2. The van der Waals surface area contributed by atoms with Crippen LogP contribution in [0.5, 0.6) is 0 Å². The topological polar surface area (TPSA) is 77.2 Å². The first kappa shape index (κ1) is 24.3. The lowest BCUT2D eigenvalue weighted by Gasteiger charge is -2.12. The Kier molecular flexibility index (Phi) is 6.22. The molecule has 2 aromatic carbocycles. The Balaban J connectivity index is 1.95. The Morgan fingerprint density at radius 3 is 2.29 bits per heavy atom. The molecule has 0 N–H and O–H groups in total. The van der Waals surface area contributed by atoms with Crippen molar-refractivity contribution in [2.24, 2.45) is 0 Å². The van der Waals surface area contributed by atoms with Crippen molar-refractivity contribution in [3.05, 3.63) is 80.8 Å². The molecule has 5 nitrogen and oxygen atoms in total. The molecule has 0 saturated carbocycles. The fourth-order valence-electron chi connectivity index (χ4n) is 3.39.